The van der Waals surface area contributed by atoms with Gasteiger partial charge in [-0.1, -0.05) is 32.4 Å². The summed E-state index contributed by atoms with van der Waals surface area (Å²) in [6, 6.07) is 5.37. The zero-order chi connectivity index (χ0) is 15.1. The highest BCUT2D eigenvalue weighted by molar-refractivity contribution is 6.30. The average molecular weight is 299 g/mol. The van der Waals surface area contributed by atoms with E-state index < -0.39 is 12.0 Å². The predicted octanol–water partition coefficient (Wildman–Crippen LogP) is 2.73. The van der Waals surface area contributed by atoms with Crippen molar-refractivity contribution in [1.29, 1.82) is 0 Å². The van der Waals surface area contributed by atoms with Crippen LogP contribution in [0.3, 0.4) is 0 Å². The molecule has 0 aliphatic carbocycles. The Labute approximate surface area is 125 Å². The van der Waals surface area contributed by atoms with Crippen LogP contribution in [0.4, 0.5) is 0 Å². The summed E-state index contributed by atoms with van der Waals surface area (Å²) in [5, 5.41) is 3.98. The number of nitrogens with two attached hydrogens (primary N) is 1. The molecule has 20 heavy (non-hydrogen) atoms. The van der Waals surface area contributed by atoms with Gasteiger partial charge in [-0.05, 0) is 37.1 Å². The molecule has 1 aromatic rings. The van der Waals surface area contributed by atoms with Crippen LogP contribution in [0.5, 0.6) is 5.75 Å². The monoisotopic (exact) mass is 298 g/mol. The molecule has 0 aromatic heterocycles. The first-order valence-electron chi connectivity index (χ1n) is 6.89. The van der Waals surface area contributed by atoms with Gasteiger partial charge >= 0.3 is 0 Å². The van der Waals surface area contributed by atoms with Crippen LogP contribution in [0.15, 0.2) is 18.2 Å². The standard InChI is InChI=1S/C15H23ClN2O2/c1-4-13(15(17)19)20-14-6-5-12(16)7-11(14)9-18-8-10(2)3/h5-7,10,13,18H,4,8-9H2,1-3H3,(H2,17,19). The first-order chi connectivity index (χ1) is 9.43. The van der Waals surface area contributed by atoms with Crippen molar-refractivity contribution >= 4 is 17.5 Å². The Morgan fingerprint density at radius 1 is 1.45 bits per heavy atom. The minimum atomic E-state index is -0.611. The van der Waals surface area contributed by atoms with Crippen LogP contribution in [-0.2, 0) is 11.3 Å². The van der Waals surface area contributed by atoms with Crippen LogP contribution in [0.1, 0.15) is 32.8 Å². The molecule has 0 heterocycles. The lowest BCUT2D eigenvalue weighted by molar-refractivity contribution is -0.124. The first kappa shape index (κ1) is 16.8. The van der Waals surface area contributed by atoms with Gasteiger partial charge in [-0.3, -0.25) is 4.79 Å². The summed E-state index contributed by atoms with van der Waals surface area (Å²) < 4.78 is 5.70. The molecule has 0 bridgehead atoms. The maximum atomic E-state index is 11.3. The highest BCUT2D eigenvalue weighted by atomic mass is 35.5. The fraction of sp³-hybridized carbons (Fsp3) is 0.533. The second-order valence-corrected chi connectivity index (χ2v) is 5.63. The molecule has 0 spiro atoms. The van der Waals surface area contributed by atoms with Crippen molar-refractivity contribution in [1.82, 2.24) is 5.32 Å². The highest BCUT2D eigenvalue weighted by Crippen LogP contribution is 2.24. The Morgan fingerprint density at radius 2 is 2.15 bits per heavy atom. The smallest absolute Gasteiger partial charge is 0.258 e. The minimum absolute atomic E-state index is 0.455. The molecule has 112 valence electrons. The molecule has 0 saturated carbocycles. The van der Waals surface area contributed by atoms with Gasteiger partial charge < -0.3 is 15.8 Å². The maximum Gasteiger partial charge on any atom is 0.258 e. The first-order valence-corrected chi connectivity index (χ1v) is 7.27. The number of hydrogen-bond acceptors (Lipinski definition) is 3. The number of primary amides is 1. The van der Waals surface area contributed by atoms with Crippen molar-refractivity contribution in [2.75, 3.05) is 6.54 Å². The van der Waals surface area contributed by atoms with Crippen molar-refractivity contribution in [2.45, 2.75) is 39.8 Å². The fourth-order valence-electron chi connectivity index (χ4n) is 1.79. The van der Waals surface area contributed by atoms with Crippen LogP contribution in [0.2, 0.25) is 5.02 Å². The largest absolute Gasteiger partial charge is 0.480 e. The lowest BCUT2D eigenvalue weighted by Crippen LogP contribution is -2.33. The number of rotatable bonds is 8. The molecule has 0 radical (unpaired) electrons. The van der Waals surface area contributed by atoms with Gasteiger partial charge in [0.25, 0.3) is 5.91 Å². The molecule has 1 rings (SSSR count). The molecule has 0 fully saturated rings. The molecule has 1 atom stereocenters. The number of hydrogen-bond donors (Lipinski definition) is 2. The van der Waals surface area contributed by atoms with E-state index in [2.05, 4.69) is 19.2 Å². The molecule has 1 amide bonds. The van der Waals surface area contributed by atoms with E-state index in [4.69, 9.17) is 22.1 Å². The SMILES string of the molecule is CCC(Oc1ccc(Cl)cc1CNCC(C)C)C(N)=O. The van der Waals surface area contributed by atoms with E-state index in [0.29, 0.717) is 29.7 Å². The molecule has 1 unspecified atom stereocenters. The van der Waals surface area contributed by atoms with Gasteiger partial charge in [-0.15, -0.1) is 0 Å². The van der Waals surface area contributed by atoms with Crippen LogP contribution >= 0.6 is 11.6 Å². The summed E-state index contributed by atoms with van der Waals surface area (Å²) in [5.74, 6) is 0.757. The Bertz CT molecular complexity index is 449. The lowest BCUT2D eigenvalue weighted by Gasteiger charge is -2.18. The van der Waals surface area contributed by atoms with E-state index in [1.165, 1.54) is 0 Å². The summed E-state index contributed by atoms with van der Waals surface area (Å²) in [5.41, 5.74) is 6.24. The van der Waals surface area contributed by atoms with E-state index in [-0.39, 0.29) is 0 Å². The third kappa shape index (κ3) is 5.39. The van der Waals surface area contributed by atoms with E-state index in [1.807, 2.05) is 13.0 Å². The summed E-state index contributed by atoms with van der Waals surface area (Å²) in [7, 11) is 0. The molecule has 3 N–H and O–H groups in total. The van der Waals surface area contributed by atoms with Crippen molar-refractivity contribution in [2.24, 2.45) is 11.7 Å². The van der Waals surface area contributed by atoms with Crippen molar-refractivity contribution in [3.05, 3.63) is 28.8 Å². The van der Waals surface area contributed by atoms with E-state index in [9.17, 15) is 4.79 Å². The van der Waals surface area contributed by atoms with Crippen LogP contribution in [-0.4, -0.2) is 18.6 Å². The average Bonchev–Trinajstić information content (AvgIpc) is 2.37. The summed E-state index contributed by atoms with van der Waals surface area (Å²) in [6.45, 7) is 7.69. The number of halogens is 1. The molecule has 1 aromatic carbocycles. The topological polar surface area (TPSA) is 64.3 Å². The Kier molecular flexibility index (Phi) is 6.82. The maximum absolute atomic E-state index is 11.3. The van der Waals surface area contributed by atoms with Gasteiger partial charge in [-0.25, -0.2) is 0 Å². The zero-order valence-electron chi connectivity index (χ0n) is 12.3. The number of benzene rings is 1. The summed E-state index contributed by atoms with van der Waals surface area (Å²) in [6.07, 6.45) is -0.0726. The van der Waals surface area contributed by atoms with E-state index >= 15 is 0 Å². The molecular weight excluding hydrogens is 276 g/mol. The molecule has 0 aliphatic heterocycles. The minimum Gasteiger partial charge on any atom is -0.480 e. The summed E-state index contributed by atoms with van der Waals surface area (Å²) >= 11 is 6.02. The molecule has 0 saturated heterocycles. The normalized spacial score (nSPS) is 12.4. The molecule has 0 aliphatic rings. The number of ether oxygens (including phenoxy) is 1. The van der Waals surface area contributed by atoms with Gasteiger partial charge in [0.1, 0.15) is 5.75 Å². The summed E-state index contributed by atoms with van der Waals surface area (Å²) in [4.78, 5) is 11.3. The Balaban J connectivity index is 2.81. The fourth-order valence-corrected chi connectivity index (χ4v) is 1.99. The number of nitrogens with one attached hydrogen (secondary N) is 1. The van der Waals surface area contributed by atoms with Gasteiger partial charge in [-0.2, -0.15) is 0 Å². The second kappa shape index (κ2) is 8.12. The molecule has 5 heteroatoms. The van der Waals surface area contributed by atoms with Crippen molar-refractivity contribution in [3.8, 4) is 5.75 Å². The third-order valence-corrected chi connectivity index (χ3v) is 3.08. The van der Waals surface area contributed by atoms with Crippen molar-refractivity contribution < 1.29 is 9.53 Å². The van der Waals surface area contributed by atoms with Crippen LogP contribution in [0, 0.1) is 5.92 Å². The Hall–Kier alpha value is -1.26. The highest BCUT2D eigenvalue weighted by Gasteiger charge is 2.16. The van der Waals surface area contributed by atoms with Gasteiger partial charge in [0, 0.05) is 17.1 Å². The lowest BCUT2D eigenvalue weighted by atomic mass is 10.1. The van der Waals surface area contributed by atoms with E-state index in [1.54, 1.807) is 12.1 Å². The van der Waals surface area contributed by atoms with Gasteiger partial charge in [0.2, 0.25) is 0 Å². The third-order valence-electron chi connectivity index (χ3n) is 2.85. The van der Waals surface area contributed by atoms with Crippen molar-refractivity contribution in [3.63, 3.8) is 0 Å². The van der Waals surface area contributed by atoms with Gasteiger partial charge in [0.05, 0.1) is 0 Å². The Morgan fingerprint density at radius 3 is 2.70 bits per heavy atom. The molecule has 4 nitrogen and oxygen atoms in total. The second-order valence-electron chi connectivity index (χ2n) is 5.19. The number of amides is 1. The predicted molar refractivity (Wildman–Crippen MR) is 81.9 cm³/mol. The molecular formula is C15H23ClN2O2. The number of carbonyl (C=O) groups excluding carboxylic acids is 1. The van der Waals surface area contributed by atoms with Crippen LogP contribution < -0.4 is 15.8 Å². The zero-order valence-corrected chi connectivity index (χ0v) is 13.0. The van der Waals surface area contributed by atoms with E-state index in [0.717, 1.165) is 12.1 Å². The van der Waals surface area contributed by atoms with Crippen LogP contribution in [0.25, 0.3) is 0 Å². The number of carbonyl (C=O) groups is 1. The quantitative estimate of drug-likeness (QED) is 0.775. The van der Waals surface area contributed by atoms with Gasteiger partial charge in [0.15, 0.2) is 6.10 Å².